The van der Waals surface area contributed by atoms with Crippen molar-refractivity contribution in [2.75, 3.05) is 13.6 Å². The van der Waals surface area contributed by atoms with Crippen molar-refractivity contribution in [1.29, 1.82) is 0 Å². The SMILES string of the molecule is CN1C=c2oc3ccccc3c2=CC1. The highest BCUT2D eigenvalue weighted by Crippen LogP contribution is 2.07. The Bertz CT molecular complexity index is 594. The minimum Gasteiger partial charge on any atom is -0.455 e. The summed E-state index contributed by atoms with van der Waals surface area (Å²) in [7, 11) is 2.05. The summed E-state index contributed by atoms with van der Waals surface area (Å²) in [5, 5.41) is 2.45. The van der Waals surface area contributed by atoms with E-state index in [2.05, 4.69) is 23.2 Å². The summed E-state index contributed by atoms with van der Waals surface area (Å²) in [6.07, 6.45) is 4.26. The molecule has 0 radical (unpaired) electrons. The molecule has 1 aliphatic heterocycles. The van der Waals surface area contributed by atoms with E-state index in [0.717, 1.165) is 17.5 Å². The lowest BCUT2D eigenvalue weighted by Crippen LogP contribution is -2.31. The number of rotatable bonds is 0. The molecular formula is C12H11NO. The highest BCUT2D eigenvalue weighted by Gasteiger charge is 2.05. The molecule has 3 rings (SSSR count). The van der Waals surface area contributed by atoms with Crippen LogP contribution >= 0.6 is 0 Å². The van der Waals surface area contributed by atoms with Gasteiger partial charge in [-0.1, -0.05) is 24.3 Å². The predicted octanol–water partition coefficient (Wildman–Crippen LogP) is 0.897. The zero-order valence-corrected chi connectivity index (χ0v) is 8.03. The molecule has 0 amide bonds. The standard InChI is InChI=1S/C12H11NO/c1-13-7-6-10-9-4-2-3-5-11(9)14-12(10)8-13/h2-6,8H,7H2,1H3. The molecule has 0 fully saturated rings. The molecule has 0 aliphatic carbocycles. The van der Waals surface area contributed by atoms with Crippen LogP contribution in [0.15, 0.2) is 28.7 Å². The highest BCUT2D eigenvalue weighted by atomic mass is 16.3. The number of hydrogen-bond acceptors (Lipinski definition) is 2. The molecule has 1 aromatic carbocycles. The van der Waals surface area contributed by atoms with E-state index in [9.17, 15) is 0 Å². The zero-order valence-electron chi connectivity index (χ0n) is 8.03. The van der Waals surface area contributed by atoms with E-state index < -0.39 is 0 Å². The molecule has 0 spiro atoms. The Labute approximate surface area is 81.7 Å². The number of fused-ring (bicyclic) bond motifs is 3. The Kier molecular flexibility index (Phi) is 1.45. The molecule has 1 aromatic heterocycles. The number of para-hydroxylation sites is 1. The van der Waals surface area contributed by atoms with Crippen LogP contribution in [-0.2, 0) is 0 Å². The van der Waals surface area contributed by atoms with Gasteiger partial charge in [-0.25, -0.2) is 0 Å². The van der Waals surface area contributed by atoms with Crippen LogP contribution in [0.2, 0.25) is 0 Å². The molecule has 14 heavy (non-hydrogen) atoms. The smallest absolute Gasteiger partial charge is 0.150 e. The lowest BCUT2D eigenvalue weighted by molar-refractivity contribution is 0.515. The van der Waals surface area contributed by atoms with Crippen LogP contribution in [0.3, 0.4) is 0 Å². The van der Waals surface area contributed by atoms with Gasteiger partial charge in [-0.05, 0) is 6.07 Å². The average molecular weight is 185 g/mol. The molecule has 1 aliphatic rings. The van der Waals surface area contributed by atoms with Crippen molar-refractivity contribution in [2.45, 2.75) is 0 Å². The lowest BCUT2D eigenvalue weighted by Gasteiger charge is -2.11. The first-order valence-electron chi connectivity index (χ1n) is 4.74. The average Bonchev–Trinajstić information content (AvgIpc) is 2.54. The predicted molar refractivity (Wildman–Crippen MR) is 57.0 cm³/mol. The van der Waals surface area contributed by atoms with E-state index in [4.69, 9.17) is 4.42 Å². The number of nitrogens with zero attached hydrogens (tertiary/aromatic N) is 1. The lowest BCUT2D eigenvalue weighted by atomic mass is 10.2. The van der Waals surface area contributed by atoms with Gasteiger partial charge in [0.1, 0.15) is 5.58 Å². The third kappa shape index (κ3) is 0.970. The third-order valence-electron chi connectivity index (χ3n) is 2.58. The largest absolute Gasteiger partial charge is 0.455 e. The fourth-order valence-electron chi connectivity index (χ4n) is 1.88. The first-order valence-corrected chi connectivity index (χ1v) is 4.74. The Hall–Kier alpha value is -1.70. The monoisotopic (exact) mass is 185 g/mol. The molecular weight excluding hydrogens is 174 g/mol. The van der Waals surface area contributed by atoms with Crippen molar-refractivity contribution in [3.63, 3.8) is 0 Å². The van der Waals surface area contributed by atoms with Crippen molar-refractivity contribution < 1.29 is 4.42 Å². The van der Waals surface area contributed by atoms with Crippen LogP contribution in [0.4, 0.5) is 0 Å². The Morgan fingerprint density at radius 1 is 1.29 bits per heavy atom. The Balaban J connectivity index is 2.52. The minimum absolute atomic E-state index is 0.955. The molecule has 2 aromatic rings. The van der Waals surface area contributed by atoms with Gasteiger partial charge in [0.25, 0.3) is 0 Å². The molecule has 2 heteroatoms. The van der Waals surface area contributed by atoms with Crippen LogP contribution in [0.25, 0.3) is 23.2 Å². The van der Waals surface area contributed by atoms with Crippen LogP contribution in [-0.4, -0.2) is 18.5 Å². The van der Waals surface area contributed by atoms with Gasteiger partial charge in [0, 0.05) is 30.4 Å². The second-order valence-electron chi connectivity index (χ2n) is 3.65. The summed E-state index contributed by atoms with van der Waals surface area (Å²) in [4.78, 5) is 2.12. The summed E-state index contributed by atoms with van der Waals surface area (Å²) in [6, 6.07) is 8.16. The van der Waals surface area contributed by atoms with Crippen molar-refractivity contribution >= 4 is 23.2 Å². The fourth-order valence-corrected chi connectivity index (χ4v) is 1.88. The van der Waals surface area contributed by atoms with Gasteiger partial charge < -0.3 is 9.32 Å². The van der Waals surface area contributed by atoms with Crippen molar-refractivity contribution in [3.05, 3.63) is 34.9 Å². The van der Waals surface area contributed by atoms with Gasteiger partial charge in [-0.3, -0.25) is 0 Å². The summed E-state index contributed by atoms with van der Waals surface area (Å²) in [5.74, 6) is 0. The van der Waals surface area contributed by atoms with Crippen molar-refractivity contribution in [1.82, 2.24) is 4.90 Å². The summed E-state index contributed by atoms with van der Waals surface area (Å²) >= 11 is 0. The van der Waals surface area contributed by atoms with Crippen molar-refractivity contribution in [2.24, 2.45) is 0 Å². The van der Waals surface area contributed by atoms with Gasteiger partial charge in [0.2, 0.25) is 0 Å². The zero-order chi connectivity index (χ0) is 9.54. The Morgan fingerprint density at radius 3 is 3.07 bits per heavy atom. The Morgan fingerprint density at radius 2 is 2.14 bits per heavy atom. The fraction of sp³-hybridized carbons (Fsp3) is 0.167. The van der Waals surface area contributed by atoms with Crippen LogP contribution < -0.4 is 10.6 Å². The maximum absolute atomic E-state index is 5.73. The van der Waals surface area contributed by atoms with E-state index in [0.29, 0.717) is 0 Å². The van der Waals surface area contributed by atoms with E-state index in [1.165, 1.54) is 10.6 Å². The molecule has 0 saturated heterocycles. The maximum Gasteiger partial charge on any atom is 0.150 e. The van der Waals surface area contributed by atoms with Crippen LogP contribution in [0.1, 0.15) is 0 Å². The molecule has 70 valence electrons. The highest BCUT2D eigenvalue weighted by molar-refractivity contribution is 5.79. The molecule has 0 N–H and O–H groups in total. The number of furan rings is 1. The van der Waals surface area contributed by atoms with Gasteiger partial charge in [0.05, 0.1) is 0 Å². The van der Waals surface area contributed by atoms with Gasteiger partial charge in [0.15, 0.2) is 5.42 Å². The van der Waals surface area contributed by atoms with E-state index in [1.54, 1.807) is 0 Å². The maximum atomic E-state index is 5.73. The first-order chi connectivity index (χ1) is 6.84. The quantitative estimate of drug-likeness (QED) is 0.606. The number of benzene rings is 1. The molecule has 0 atom stereocenters. The minimum atomic E-state index is 0.955. The topological polar surface area (TPSA) is 16.4 Å². The van der Waals surface area contributed by atoms with Crippen LogP contribution in [0, 0.1) is 0 Å². The molecule has 0 bridgehead atoms. The summed E-state index contributed by atoms with van der Waals surface area (Å²) < 4.78 is 5.73. The normalized spacial score (nSPS) is 14.8. The molecule has 0 unspecified atom stereocenters. The summed E-state index contributed by atoms with van der Waals surface area (Å²) in [5.41, 5.74) is 1.94. The molecule has 2 nitrogen and oxygen atoms in total. The van der Waals surface area contributed by atoms with Gasteiger partial charge in [-0.2, -0.15) is 0 Å². The van der Waals surface area contributed by atoms with Crippen LogP contribution in [0.5, 0.6) is 0 Å². The summed E-state index contributed by atoms with van der Waals surface area (Å²) in [6.45, 7) is 0.955. The van der Waals surface area contributed by atoms with Gasteiger partial charge >= 0.3 is 0 Å². The number of hydrogen-bond donors (Lipinski definition) is 0. The van der Waals surface area contributed by atoms with E-state index in [-0.39, 0.29) is 0 Å². The first kappa shape index (κ1) is 7.68. The second-order valence-corrected chi connectivity index (χ2v) is 3.65. The second kappa shape index (κ2) is 2.64. The van der Waals surface area contributed by atoms with Gasteiger partial charge in [-0.15, -0.1) is 0 Å². The molecule has 0 saturated carbocycles. The van der Waals surface area contributed by atoms with E-state index >= 15 is 0 Å². The molecule has 2 heterocycles. The third-order valence-corrected chi connectivity index (χ3v) is 2.58. The van der Waals surface area contributed by atoms with Crippen molar-refractivity contribution in [3.8, 4) is 0 Å². The van der Waals surface area contributed by atoms with E-state index in [1.807, 2.05) is 25.2 Å².